The van der Waals surface area contributed by atoms with E-state index >= 15 is 0 Å². The van der Waals surface area contributed by atoms with Crippen molar-refractivity contribution >= 4 is 17.4 Å². The van der Waals surface area contributed by atoms with Crippen molar-refractivity contribution in [3.8, 4) is 0 Å². The second-order valence-electron chi connectivity index (χ2n) is 2.80. The molecule has 2 saturated carbocycles. The van der Waals surface area contributed by atoms with Crippen LogP contribution in [0.2, 0.25) is 0 Å². The van der Waals surface area contributed by atoms with Crippen molar-refractivity contribution in [2.75, 3.05) is 0 Å². The molecule has 0 saturated heterocycles. The Bertz CT molecular complexity index is 165. The van der Waals surface area contributed by atoms with Crippen LogP contribution in [0.1, 0.15) is 19.3 Å². The predicted octanol–water partition coefficient (Wildman–Crippen LogP) is 1.64. The van der Waals surface area contributed by atoms with Gasteiger partial charge in [0.1, 0.15) is 0 Å². The average Bonchev–Trinajstić information content (AvgIpc) is 2.57. The van der Waals surface area contributed by atoms with Crippen LogP contribution in [0.4, 0.5) is 0 Å². The number of nitrogens with zero attached hydrogens (tertiary/aromatic N) is 1. The fourth-order valence-corrected chi connectivity index (χ4v) is 1.40. The molecule has 0 N–H and O–H groups in total. The van der Waals surface area contributed by atoms with E-state index in [-0.39, 0.29) is 0 Å². The summed E-state index contributed by atoms with van der Waals surface area (Å²) < 4.78 is 0. The van der Waals surface area contributed by atoms with Crippen molar-refractivity contribution in [1.29, 1.82) is 0 Å². The molecule has 0 amide bonds. The van der Waals surface area contributed by atoms with Gasteiger partial charge in [-0.15, -0.1) is 0 Å². The maximum absolute atomic E-state index is 4.48. The van der Waals surface area contributed by atoms with Gasteiger partial charge in [0, 0.05) is 0 Å². The summed E-state index contributed by atoms with van der Waals surface area (Å²) >= 11 is 4.48. The Labute approximate surface area is 53.8 Å². The van der Waals surface area contributed by atoms with Crippen LogP contribution in [0.3, 0.4) is 0 Å². The fraction of sp³-hybridized carbons (Fsp3) is 0.833. The molecule has 2 rings (SSSR count). The standard InChI is InChI=1S/C6H7NS/c8-4-7-5-3-6(5)1-2-6/h5H,1-3H2. The molecule has 42 valence electrons. The summed E-state index contributed by atoms with van der Waals surface area (Å²) in [6.07, 6.45) is 4.06. The van der Waals surface area contributed by atoms with E-state index in [1.54, 1.807) is 0 Å². The maximum atomic E-state index is 4.48. The predicted molar refractivity (Wildman–Crippen MR) is 35.1 cm³/mol. The van der Waals surface area contributed by atoms with E-state index in [4.69, 9.17) is 0 Å². The lowest BCUT2D eigenvalue weighted by Gasteiger charge is -1.75. The SMILES string of the molecule is S=C=NC1CC12CC2. The molecule has 1 unspecified atom stereocenters. The third-order valence-corrected chi connectivity index (χ3v) is 2.35. The van der Waals surface area contributed by atoms with Crippen molar-refractivity contribution in [3.05, 3.63) is 0 Å². The van der Waals surface area contributed by atoms with Gasteiger partial charge in [-0.25, -0.2) is 4.99 Å². The number of hydrogen-bond acceptors (Lipinski definition) is 2. The molecular weight excluding hydrogens is 118 g/mol. The summed E-state index contributed by atoms with van der Waals surface area (Å²) in [5, 5.41) is 2.43. The first-order valence-electron chi connectivity index (χ1n) is 2.94. The summed E-state index contributed by atoms with van der Waals surface area (Å²) in [5.74, 6) is 0. The zero-order valence-corrected chi connectivity index (χ0v) is 5.37. The number of rotatable bonds is 1. The quantitative estimate of drug-likeness (QED) is 0.383. The number of hydrogen-bond donors (Lipinski definition) is 0. The summed E-state index contributed by atoms with van der Waals surface area (Å²) in [6.45, 7) is 0. The molecule has 2 aliphatic rings. The normalized spacial score (nSPS) is 36.2. The first-order valence-corrected chi connectivity index (χ1v) is 3.35. The molecule has 0 bridgehead atoms. The average molecular weight is 125 g/mol. The molecule has 0 aromatic carbocycles. The van der Waals surface area contributed by atoms with E-state index in [0.717, 1.165) is 0 Å². The van der Waals surface area contributed by atoms with E-state index < -0.39 is 0 Å². The van der Waals surface area contributed by atoms with Crippen LogP contribution in [0.15, 0.2) is 4.99 Å². The molecule has 8 heavy (non-hydrogen) atoms. The van der Waals surface area contributed by atoms with E-state index in [1.165, 1.54) is 19.3 Å². The second-order valence-corrected chi connectivity index (χ2v) is 2.99. The molecule has 0 radical (unpaired) electrons. The van der Waals surface area contributed by atoms with E-state index in [9.17, 15) is 0 Å². The highest BCUT2D eigenvalue weighted by molar-refractivity contribution is 7.78. The molecular formula is C6H7NS. The van der Waals surface area contributed by atoms with Crippen LogP contribution in [0.5, 0.6) is 0 Å². The van der Waals surface area contributed by atoms with Crippen LogP contribution in [0.25, 0.3) is 0 Å². The van der Waals surface area contributed by atoms with Crippen molar-refractivity contribution in [3.63, 3.8) is 0 Å². The lowest BCUT2D eigenvalue weighted by atomic mass is 10.4. The highest BCUT2D eigenvalue weighted by Crippen LogP contribution is 2.67. The molecule has 2 fully saturated rings. The zero-order valence-electron chi connectivity index (χ0n) is 4.55. The number of thiocarbonyl (C=S) groups is 1. The molecule has 1 atom stereocenters. The van der Waals surface area contributed by atoms with Gasteiger partial charge in [-0.2, -0.15) is 0 Å². The highest BCUT2D eigenvalue weighted by Gasteiger charge is 2.63. The minimum atomic E-state index is 0.583. The molecule has 2 heteroatoms. The summed E-state index contributed by atoms with van der Waals surface area (Å²) in [6, 6.07) is 0.583. The number of aliphatic imine (C=N–C) groups is 1. The van der Waals surface area contributed by atoms with Gasteiger partial charge in [0.05, 0.1) is 11.2 Å². The molecule has 0 heterocycles. The first kappa shape index (κ1) is 4.66. The lowest BCUT2D eigenvalue weighted by Crippen LogP contribution is -1.77. The molecule has 2 aliphatic carbocycles. The Morgan fingerprint density at radius 2 is 2.38 bits per heavy atom. The maximum Gasteiger partial charge on any atom is 0.0665 e. The molecule has 1 nitrogen and oxygen atoms in total. The zero-order chi connectivity index (χ0) is 5.61. The Balaban J connectivity index is 2.06. The van der Waals surface area contributed by atoms with Gasteiger partial charge in [0.2, 0.25) is 0 Å². The van der Waals surface area contributed by atoms with Gasteiger partial charge in [-0.3, -0.25) is 0 Å². The van der Waals surface area contributed by atoms with Crippen molar-refractivity contribution < 1.29 is 0 Å². The molecule has 0 aliphatic heterocycles. The van der Waals surface area contributed by atoms with Crippen LogP contribution in [0, 0.1) is 5.41 Å². The first-order chi connectivity index (χ1) is 3.87. The van der Waals surface area contributed by atoms with Crippen LogP contribution >= 0.6 is 12.2 Å². The van der Waals surface area contributed by atoms with E-state index in [0.29, 0.717) is 11.5 Å². The topological polar surface area (TPSA) is 12.4 Å². The Kier molecular flexibility index (Phi) is 0.699. The summed E-state index contributed by atoms with van der Waals surface area (Å²) in [5.41, 5.74) is 0.672. The minimum Gasteiger partial charge on any atom is -0.229 e. The monoisotopic (exact) mass is 125 g/mol. The van der Waals surface area contributed by atoms with Crippen LogP contribution in [-0.2, 0) is 0 Å². The third kappa shape index (κ3) is 0.473. The smallest absolute Gasteiger partial charge is 0.0665 e. The van der Waals surface area contributed by atoms with Crippen molar-refractivity contribution in [2.45, 2.75) is 25.3 Å². The van der Waals surface area contributed by atoms with Gasteiger partial charge < -0.3 is 0 Å². The Morgan fingerprint density at radius 1 is 1.62 bits per heavy atom. The number of isothiocyanates is 1. The molecule has 0 aromatic rings. The van der Waals surface area contributed by atoms with Gasteiger partial charge in [-0.05, 0) is 36.9 Å². The summed E-state index contributed by atoms with van der Waals surface area (Å²) in [4.78, 5) is 4.02. The van der Waals surface area contributed by atoms with Crippen molar-refractivity contribution in [1.82, 2.24) is 0 Å². The van der Waals surface area contributed by atoms with Crippen LogP contribution < -0.4 is 0 Å². The van der Waals surface area contributed by atoms with Gasteiger partial charge in [-0.1, -0.05) is 0 Å². The molecule has 0 aromatic heterocycles. The van der Waals surface area contributed by atoms with Gasteiger partial charge in [0.15, 0.2) is 0 Å². The largest absolute Gasteiger partial charge is 0.229 e. The summed E-state index contributed by atoms with van der Waals surface area (Å²) in [7, 11) is 0. The Hall–Kier alpha value is -0.200. The fourth-order valence-electron chi connectivity index (χ4n) is 1.27. The second kappa shape index (κ2) is 1.20. The van der Waals surface area contributed by atoms with Gasteiger partial charge in [0.25, 0.3) is 0 Å². The van der Waals surface area contributed by atoms with Crippen LogP contribution in [-0.4, -0.2) is 11.2 Å². The molecule has 1 spiro atoms. The van der Waals surface area contributed by atoms with E-state index in [1.807, 2.05) is 0 Å². The lowest BCUT2D eigenvalue weighted by molar-refractivity contribution is 0.830. The van der Waals surface area contributed by atoms with Crippen molar-refractivity contribution in [2.24, 2.45) is 10.4 Å². The van der Waals surface area contributed by atoms with E-state index in [2.05, 4.69) is 22.4 Å². The highest BCUT2D eigenvalue weighted by atomic mass is 32.1. The Morgan fingerprint density at radius 3 is 2.75 bits per heavy atom. The van der Waals surface area contributed by atoms with Gasteiger partial charge >= 0.3 is 0 Å². The minimum absolute atomic E-state index is 0.583. The third-order valence-electron chi connectivity index (χ3n) is 2.25.